The molecule has 1 aliphatic heterocycles. The number of likely N-dealkylation sites (N-methyl/N-ethyl adjacent to an activating group) is 1. The molecule has 0 aliphatic carbocycles. The highest BCUT2D eigenvalue weighted by Crippen LogP contribution is 2.30. The maximum Gasteiger partial charge on any atom is 0.262 e. The number of anilines is 2. The number of carbonyl (C=O) groups is 1. The number of amides is 1. The second-order valence-corrected chi connectivity index (χ2v) is 7.03. The summed E-state index contributed by atoms with van der Waals surface area (Å²) in [7, 11) is 1.61. The molecule has 7 heteroatoms. The van der Waals surface area contributed by atoms with Crippen molar-refractivity contribution in [2.45, 2.75) is 6.92 Å². The monoisotopic (exact) mass is 403 g/mol. The first kappa shape index (κ1) is 20.3. The molecule has 1 aliphatic rings. The van der Waals surface area contributed by atoms with Crippen LogP contribution in [0.3, 0.4) is 0 Å². The number of ether oxygens (including phenoxy) is 2. The summed E-state index contributed by atoms with van der Waals surface area (Å²) in [4.78, 5) is 17.1. The summed E-state index contributed by atoms with van der Waals surface area (Å²) in [5, 5.41) is 3.52. The van der Waals surface area contributed by atoms with E-state index in [1.54, 1.807) is 37.4 Å². The van der Waals surface area contributed by atoms with Crippen LogP contribution in [-0.4, -0.2) is 57.2 Å². The van der Waals surface area contributed by atoms with Gasteiger partial charge in [-0.3, -0.25) is 4.79 Å². The second-order valence-electron chi connectivity index (χ2n) is 6.60. The highest BCUT2D eigenvalue weighted by molar-refractivity contribution is 6.31. The van der Waals surface area contributed by atoms with Crippen molar-refractivity contribution in [1.29, 1.82) is 0 Å². The third-order valence-corrected chi connectivity index (χ3v) is 5.06. The summed E-state index contributed by atoms with van der Waals surface area (Å²) >= 11 is 6.17. The van der Waals surface area contributed by atoms with Gasteiger partial charge in [0.25, 0.3) is 5.91 Å². The number of hydrogen-bond acceptors (Lipinski definition) is 5. The van der Waals surface area contributed by atoms with E-state index < -0.39 is 0 Å². The van der Waals surface area contributed by atoms with E-state index in [-0.39, 0.29) is 12.5 Å². The molecule has 1 heterocycles. The first-order valence-corrected chi connectivity index (χ1v) is 9.80. The molecular weight excluding hydrogens is 378 g/mol. The topological polar surface area (TPSA) is 54.0 Å². The molecule has 6 nitrogen and oxygen atoms in total. The van der Waals surface area contributed by atoms with Crippen LogP contribution in [0.1, 0.15) is 6.92 Å². The van der Waals surface area contributed by atoms with Crippen LogP contribution >= 0.6 is 11.6 Å². The zero-order chi connectivity index (χ0) is 19.9. The zero-order valence-corrected chi connectivity index (χ0v) is 17.0. The minimum atomic E-state index is -0.230. The Hall–Kier alpha value is -2.44. The molecule has 0 unspecified atom stereocenters. The van der Waals surface area contributed by atoms with Gasteiger partial charge in [-0.2, -0.15) is 0 Å². The van der Waals surface area contributed by atoms with Gasteiger partial charge in [0, 0.05) is 31.2 Å². The maximum absolute atomic E-state index is 12.4. The van der Waals surface area contributed by atoms with Crippen molar-refractivity contribution in [3.63, 3.8) is 0 Å². The summed E-state index contributed by atoms with van der Waals surface area (Å²) in [6.45, 7) is 7.00. The van der Waals surface area contributed by atoms with Gasteiger partial charge in [-0.05, 0) is 49.0 Å². The van der Waals surface area contributed by atoms with Crippen LogP contribution in [0, 0.1) is 0 Å². The first-order valence-electron chi connectivity index (χ1n) is 9.42. The van der Waals surface area contributed by atoms with Crippen molar-refractivity contribution in [1.82, 2.24) is 4.90 Å². The molecule has 0 atom stereocenters. The van der Waals surface area contributed by atoms with Crippen LogP contribution in [-0.2, 0) is 4.79 Å². The Morgan fingerprint density at radius 2 is 1.75 bits per heavy atom. The van der Waals surface area contributed by atoms with E-state index in [1.807, 2.05) is 12.1 Å². The minimum Gasteiger partial charge on any atom is -0.497 e. The normalized spacial score (nSPS) is 14.6. The van der Waals surface area contributed by atoms with Crippen molar-refractivity contribution < 1.29 is 14.3 Å². The molecule has 28 heavy (non-hydrogen) atoms. The lowest BCUT2D eigenvalue weighted by molar-refractivity contribution is -0.118. The van der Waals surface area contributed by atoms with E-state index in [9.17, 15) is 4.79 Å². The van der Waals surface area contributed by atoms with E-state index in [2.05, 4.69) is 22.0 Å². The van der Waals surface area contributed by atoms with Crippen molar-refractivity contribution in [2.24, 2.45) is 0 Å². The van der Waals surface area contributed by atoms with Gasteiger partial charge in [0.1, 0.15) is 11.5 Å². The third kappa shape index (κ3) is 5.30. The highest BCUT2D eigenvalue weighted by atomic mass is 35.5. The highest BCUT2D eigenvalue weighted by Gasteiger charge is 2.19. The number of rotatable bonds is 7. The predicted molar refractivity (Wildman–Crippen MR) is 113 cm³/mol. The Morgan fingerprint density at radius 3 is 2.39 bits per heavy atom. The molecule has 150 valence electrons. The Kier molecular flexibility index (Phi) is 7.01. The zero-order valence-electron chi connectivity index (χ0n) is 16.3. The van der Waals surface area contributed by atoms with Gasteiger partial charge in [-0.15, -0.1) is 0 Å². The Morgan fingerprint density at radius 1 is 1.07 bits per heavy atom. The average Bonchev–Trinajstić information content (AvgIpc) is 2.73. The lowest BCUT2D eigenvalue weighted by atomic mass is 10.2. The van der Waals surface area contributed by atoms with Crippen LogP contribution in [0.25, 0.3) is 0 Å². The number of carbonyl (C=O) groups excluding carboxylic acids is 1. The maximum atomic E-state index is 12.4. The Labute approximate surface area is 171 Å². The van der Waals surface area contributed by atoms with Crippen molar-refractivity contribution in [3.8, 4) is 11.5 Å². The largest absolute Gasteiger partial charge is 0.497 e. The van der Waals surface area contributed by atoms with E-state index in [4.69, 9.17) is 21.1 Å². The lowest BCUT2D eigenvalue weighted by Gasteiger charge is -2.36. The fraction of sp³-hybridized carbons (Fsp3) is 0.381. The van der Waals surface area contributed by atoms with Gasteiger partial charge in [-0.1, -0.05) is 18.5 Å². The smallest absolute Gasteiger partial charge is 0.262 e. The second kappa shape index (κ2) is 9.66. The molecule has 0 aromatic heterocycles. The molecule has 0 saturated carbocycles. The SMILES string of the molecule is CCN1CCN(c2ccc(Cl)cc2NC(=O)COc2ccc(OC)cc2)CC1. The van der Waals surface area contributed by atoms with E-state index in [0.29, 0.717) is 16.5 Å². The summed E-state index contributed by atoms with van der Waals surface area (Å²) in [6, 6.07) is 12.7. The number of halogens is 1. The fourth-order valence-electron chi connectivity index (χ4n) is 3.20. The quantitative estimate of drug-likeness (QED) is 0.766. The van der Waals surface area contributed by atoms with E-state index in [1.165, 1.54) is 0 Å². The van der Waals surface area contributed by atoms with Crippen LogP contribution in [0.2, 0.25) is 5.02 Å². The van der Waals surface area contributed by atoms with Crippen LogP contribution in [0.5, 0.6) is 11.5 Å². The summed E-state index contributed by atoms with van der Waals surface area (Å²) in [5.41, 5.74) is 1.69. The number of nitrogens with zero attached hydrogens (tertiary/aromatic N) is 2. The number of hydrogen-bond donors (Lipinski definition) is 1. The number of nitrogens with one attached hydrogen (secondary N) is 1. The Balaban J connectivity index is 1.62. The van der Waals surface area contributed by atoms with Crippen molar-refractivity contribution >= 4 is 28.9 Å². The molecule has 2 aromatic rings. The summed E-state index contributed by atoms with van der Waals surface area (Å²) in [5.74, 6) is 1.12. The van der Waals surface area contributed by atoms with Gasteiger partial charge in [0.15, 0.2) is 6.61 Å². The number of piperazine rings is 1. The van der Waals surface area contributed by atoms with Crippen molar-refractivity contribution in [2.75, 3.05) is 56.7 Å². The standard InChI is InChI=1S/C21H26ClN3O3/c1-3-24-10-12-25(13-11-24)20-9-4-16(22)14-19(20)23-21(26)15-28-18-7-5-17(27-2)6-8-18/h4-9,14H,3,10-13,15H2,1-2H3,(H,23,26). The minimum absolute atomic E-state index is 0.0815. The van der Waals surface area contributed by atoms with Crippen LogP contribution in [0.15, 0.2) is 42.5 Å². The molecular formula is C21H26ClN3O3. The van der Waals surface area contributed by atoms with Gasteiger partial charge >= 0.3 is 0 Å². The predicted octanol–water partition coefficient (Wildman–Crippen LogP) is 3.51. The van der Waals surface area contributed by atoms with E-state index in [0.717, 1.165) is 44.2 Å². The molecule has 1 saturated heterocycles. The third-order valence-electron chi connectivity index (χ3n) is 4.82. The molecule has 1 N–H and O–H groups in total. The number of methoxy groups -OCH3 is 1. The molecule has 1 amide bonds. The fourth-order valence-corrected chi connectivity index (χ4v) is 3.37. The summed E-state index contributed by atoms with van der Waals surface area (Å²) in [6.07, 6.45) is 0. The van der Waals surface area contributed by atoms with E-state index >= 15 is 0 Å². The number of benzene rings is 2. The first-order chi connectivity index (χ1) is 13.6. The molecule has 3 rings (SSSR count). The lowest BCUT2D eigenvalue weighted by Crippen LogP contribution is -2.46. The Bertz CT molecular complexity index is 790. The molecule has 0 bridgehead atoms. The molecule has 0 radical (unpaired) electrons. The van der Waals surface area contributed by atoms with Crippen molar-refractivity contribution in [3.05, 3.63) is 47.5 Å². The molecule has 2 aromatic carbocycles. The van der Waals surface area contributed by atoms with Crippen LogP contribution in [0.4, 0.5) is 11.4 Å². The van der Waals surface area contributed by atoms with Crippen LogP contribution < -0.4 is 19.7 Å². The molecule has 1 fully saturated rings. The molecule has 0 spiro atoms. The van der Waals surface area contributed by atoms with Gasteiger partial charge in [0.05, 0.1) is 18.5 Å². The summed E-state index contributed by atoms with van der Waals surface area (Å²) < 4.78 is 10.7. The van der Waals surface area contributed by atoms with Gasteiger partial charge in [0.2, 0.25) is 0 Å². The van der Waals surface area contributed by atoms with Gasteiger partial charge < -0.3 is 24.6 Å². The average molecular weight is 404 g/mol. The van der Waals surface area contributed by atoms with Gasteiger partial charge in [-0.25, -0.2) is 0 Å².